The molecule has 0 aromatic carbocycles. The second kappa shape index (κ2) is 3.54. The molecule has 0 saturated heterocycles. The van der Waals surface area contributed by atoms with Gasteiger partial charge in [0, 0.05) is 6.04 Å². The highest BCUT2D eigenvalue weighted by Gasteiger charge is 2.06. The average molecular weight is 125 g/mol. The third-order valence-corrected chi connectivity index (χ3v) is 1.78. The fourth-order valence-electron chi connectivity index (χ4n) is 1.16. The SMILES string of the molecule is CCCCC1CC=CN1. The highest BCUT2D eigenvalue weighted by molar-refractivity contribution is 4.94. The molecule has 0 fully saturated rings. The van der Waals surface area contributed by atoms with E-state index in [4.69, 9.17) is 0 Å². The van der Waals surface area contributed by atoms with Crippen LogP contribution in [0.1, 0.15) is 32.6 Å². The van der Waals surface area contributed by atoms with Crippen LogP contribution in [-0.4, -0.2) is 6.04 Å². The molecule has 9 heavy (non-hydrogen) atoms. The quantitative estimate of drug-likeness (QED) is 0.608. The second-order valence-corrected chi connectivity index (χ2v) is 2.64. The number of nitrogens with one attached hydrogen (secondary N) is 1. The Morgan fingerprint density at radius 1 is 1.67 bits per heavy atom. The normalized spacial score (nSPS) is 24.3. The molecule has 1 N–H and O–H groups in total. The Morgan fingerprint density at radius 3 is 3.11 bits per heavy atom. The lowest BCUT2D eigenvalue weighted by molar-refractivity contribution is 0.545. The maximum atomic E-state index is 3.31. The van der Waals surface area contributed by atoms with Crippen molar-refractivity contribution in [1.82, 2.24) is 5.32 Å². The molecular formula is C8H15N. The van der Waals surface area contributed by atoms with Crippen LogP contribution < -0.4 is 5.32 Å². The molecule has 1 nitrogen and oxygen atoms in total. The van der Waals surface area contributed by atoms with Gasteiger partial charge in [-0.2, -0.15) is 0 Å². The van der Waals surface area contributed by atoms with Crippen LogP contribution in [0.5, 0.6) is 0 Å². The van der Waals surface area contributed by atoms with Gasteiger partial charge in [-0.1, -0.05) is 25.8 Å². The lowest BCUT2D eigenvalue weighted by atomic mass is 10.1. The summed E-state index contributed by atoms with van der Waals surface area (Å²) in [4.78, 5) is 0. The highest BCUT2D eigenvalue weighted by Crippen LogP contribution is 2.08. The van der Waals surface area contributed by atoms with Gasteiger partial charge in [0.25, 0.3) is 0 Å². The van der Waals surface area contributed by atoms with Crippen LogP contribution in [0.4, 0.5) is 0 Å². The maximum Gasteiger partial charge on any atom is 0.0290 e. The monoisotopic (exact) mass is 125 g/mol. The summed E-state index contributed by atoms with van der Waals surface area (Å²) in [7, 11) is 0. The van der Waals surface area contributed by atoms with Crippen LogP contribution in [0.15, 0.2) is 12.3 Å². The van der Waals surface area contributed by atoms with Crippen LogP contribution in [0.25, 0.3) is 0 Å². The Labute approximate surface area is 57.1 Å². The first-order valence-electron chi connectivity index (χ1n) is 3.84. The zero-order valence-corrected chi connectivity index (χ0v) is 6.06. The molecule has 0 spiro atoms. The third kappa shape index (κ3) is 2.08. The third-order valence-electron chi connectivity index (χ3n) is 1.78. The summed E-state index contributed by atoms with van der Waals surface area (Å²) in [5.74, 6) is 0. The van der Waals surface area contributed by atoms with Gasteiger partial charge >= 0.3 is 0 Å². The zero-order valence-electron chi connectivity index (χ0n) is 6.06. The molecule has 1 heteroatoms. The zero-order chi connectivity index (χ0) is 6.53. The molecule has 1 unspecified atom stereocenters. The molecule has 1 heterocycles. The fourth-order valence-corrected chi connectivity index (χ4v) is 1.16. The lowest BCUT2D eigenvalue weighted by Crippen LogP contribution is -2.18. The van der Waals surface area contributed by atoms with E-state index in [1.165, 1.54) is 25.7 Å². The van der Waals surface area contributed by atoms with Gasteiger partial charge in [0.1, 0.15) is 0 Å². The fraction of sp³-hybridized carbons (Fsp3) is 0.750. The Kier molecular flexibility index (Phi) is 2.62. The Hall–Kier alpha value is -0.460. The topological polar surface area (TPSA) is 12.0 Å². The molecule has 0 aromatic heterocycles. The highest BCUT2D eigenvalue weighted by atomic mass is 14.9. The first kappa shape index (κ1) is 6.66. The van der Waals surface area contributed by atoms with E-state index >= 15 is 0 Å². The molecule has 0 bridgehead atoms. The molecule has 0 aromatic rings. The molecular weight excluding hydrogens is 110 g/mol. The maximum absolute atomic E-state index is 3.31. The van der Waals surface area contributed by atoms with Crippen LogP contribution in [-0.2, 0) is 0 Å². The van der Waals surface area contributed by atoms with Gasteiger partial charge < -0.3 is 5.32 Å². The van der Waals surface area contributed by atoms with Crippen molar-refractivity contribution in [2.75, 3.05) is 0 Å². The van der Waals surface area contributed by atoms with Gasteiger partial charge in [-0.05, 0) is 19.0 Å². The summed E-state index contributed by atoms with van der Waals surface area (Å²) >= 11 is 0. The van der Waals surface area contributed by atoms with Crippen LogP contribution in [0, 0.1) is 0 Å². The van der Waals surface area contributed by atoms with Crippen molar-refractivity contribution < 1.29 is 0 Å². The van der Waals surface area contributed by atoms with Crippen molar-refractivity contribution in [1.29, 1.82) is 0 Å². The molecule has 1 aliphatic rings. The molecule has 1 rings (SSSR count). The molecule has 1 aliphatic heterocycles. The summed E-state index contributed by atoms with van der Waals surface area (Å²) in [6, 6.07) is 0.755. The van der Waals surface area contributed by atoms with Gasteiger partial charge in [0.05, 0.1) is 0 Å². The van der Waals surface area contributed by atoms with Gasteiger partial charge in [0.2, 0.25) is 0 Å². The minimum Gasteiger partial charge on any atom is -0.388 e. The van der Waals surface area contributed by atoms with E-state index in [0.717, 1.165) is 6.04 Å². The molecule has 1 atom stereocenters. The van der Waals surface area contributed by atoms with Gasteiger partial charge in [-0.3, -0.25) is 0 Å². The first-order valence-corrected chi connectivity index (χ1v) is 3.84. The van der Waals surface area contributed by atoms with Crippen molar-refractivity contribution in [2.45, 2.75) is 38.6 Å². The summed E-state index contributed by atoms with van der Waals surface area (Å²) in [5, 5.41) is 3.31. The van der Waals surface area contributed by atoms with E-state index in [2.05, 4.69) is 24.5 Å². The predicted molar refractivity (Wildman–Crippen MR) is 40.2 cm³/mol. The molecule has 0 aliphatic carbocycles. The van der Waals surface area contributed by atoms with Crippen molar-refractivity contribution in [3.05, 3.63) is 12.3 Å². The second-order valence-electron chi connectivity index (χ2n) is 2.64. The largest absolute Gasteiger partial charge is 0.388 e. The minimum atomic E-state index is 0.755. The van der Waals surface area contributed by atoms with Gasteiger partial charge in [0.15, 0.2) is 0 Å². The summed E-state index contributed by atoms with van der Waals surface area (Å²) < 4.78 is 0. The van der Waals surface area contributed by atoms with Crippen molar-refractivity contribution in [2.24, 2.45) is 0 Å². The molecule has 0 saturated carbocycles. The summed E-state index contributed by atoms with van der Waals surface area (Å²) in [6.07, 6.45) is 9.53. The van der Waals surface area contributed by atoms with Gasteiger partial charge in [-0.15, -0.1) is 0 Å². The lowest BCUT2D eigenvalue weighted by Gasteiger charge is -2.08. The van der Waals surface area contributed by atoms with E-state index in [-0.39, 0.29) is 0 Å². The van der Waals surface area contributed by atoms with Crippen LogP contribution in [0.2, 0.25) is 0 Å². The number of rotatable bonds is 3. The van der Waals surface area contributed by atoms with E-state index < -0.39 is 0 Å². The summed E-state index contributed by atoms with van der Waals surface area (Å²) in [6.45, 7) is 2.24. The van der Waals surface area contributed by atoms with E-state index in [1.54, 1.807) is 0 Å². The Morgan fingerprint density at radius 2 is 2.56 bits per heavy atom. The Bertz CT molecular complexity index is 88.7. The summed E-state index contributed by atoms with van der Waals surface area (Å²) in [5.41, 5.74) is 0. The minimum absolute atomic E-state index is 0.755. The standard InChI is InChI=1S/C8H15N/c1-2-3-5-8-6-4-7-9-8/h4,7-9H,2-3,5-6H2,1H3. The van der Waals surface area contributed by atoms with Crippen LogP contribution in [0.3, 0.4) is 0 Å². The van der Waals surface area contributed by atoms with Gasteiger partial charge in [-0.25, -0.2) is 0 Å². The number of hydrogen-bond acceptors (Lipinski definition) is 1. The Balaban J connectivity index is 2.01. The molecule has 0 radical (unpaired) electrons. The van der Waals surface area contributed by atoms with E-state index in [0.29, 0.717) is 0 Å². The van der Waals surface area contributed by atoms with Crippen molar-refractivity contribution >= 4 is 0 Å². The molecule has 0 amide bonds. The first-order chi connectivity index (χ1) is 4.43. The number of unbranched alkanes of at least 4 members (excludes halogenated alkanes) is 1. The van der Waals surface area contributed by atoms with Crippen molar-refractivity contribution in [3.8, 4) is 0 Å². The smallest absolute Gasteiger partial charge is 0.0290 e. The van der Waals surface area contributed by atoms with Crippen molar-refractivity contribution in [3.63, 3.8) is 0 Å². The van der Waals surface area contributed by atoms with E-state index in [1.807, 2.05) is 0 Å². The van der Waals surface area contributed by atoms with E-state index in [9.17, 15) is 0 Å². The number of hydrogen-bond donors (Lipinski definition) is 1. The average Bonchev–Trinajstić information content (AvgIpc) is 2.34. The van der Waals surface area contributed by atoms with Crippen LogP contribution >= 0.6 is 0 Å². The molecule has 52 valence electrons. The predicted octanol–water partition coefficient (Wildman–Crippen LogP) is 2.05.